The fraction of sp³-hybridized carbons (Fsp3) is 0.476. The van der Waals surface area contributed by atoms with Gasteiger partial charge in [-0.2, -0.15) is 0 Å². The largest absolute Gasteiger partial charge is 0.465 e. The first kappa shape index (κ1) is 22.0. The van der Waals surface area contributed by atoms with E-state index in [4.69, 9.17) is 4.74 Å². The first-order chi connectivity index (χ1) is 13.9. The number of carbonyl (C=O) groups is 1. The molecule has 29 heavy (non-hydrogen) atoms. The third-order valence-corrected chi connectivity index (χ3v) is 8.78. The summed E-state index contributed by atoms with van der Waals surface area (Å²) in [6, 6.07) is 10.2. The van der Waals surface area contributed by atoms with Crippen LogP contribution in [0.5, 0.6) is 0 Å². The molecule has 0 saturated carbocycles. The number of benzene rings is 1. The summed E-state index contributed by atoms with van der Waals surface area (Å²) in [6.45, 7) is 4.65. The van der Waals surface area contributed by atoms with E-state index in [2.05, 4.69) is 17.0 Å². The van der Waals surface area contributed by atoms with Crippen molar-refractivity contribution in [2.24, 2.45) is 0 Å². The summed E-state index contributed by atoms with van der Waals surface area (Å²) in [6.07, 6.45) is 2.32. The van der Waals surface area contributed by atoms with Crippen molar-refractivity contribution >= 4 is 27.3 Å². The Morgan fingerprint density at radius 2 is 2.00 bits per heavy atom. The number of hydrogen-bond donors (Lipinski definition) is 0. The zero-order chi connectivity index (χ0) is 21.0. The van der Waals surface area contributed by atoms with Gasteiger partial charge in [-0.1, -0.05) is 43.7 Å². The minimum absolute atomic E-state index is 0.120. The van der Waals surface area contributed by atoms with Gasteiger partial charge in [-0.15, -0.1) is 11.3 Å². The van der Waals surface area contributed by atoms with Crippen LogP contribution in [0.25, 0.3) is 0 Å². The molecular weight excluding hydrogens is 408 g/mol. The van der Waals surface area contributed by atoms with Crippen LogP contribution in [0.3, 0.4) is 0 Å². The Bertz CT molecular complexity index is 955. The normalized spacial score (nSPS) is 14.8. The molecule has 0 atom stereocenters. The number of nitrogens with zero attached hydrogens (tertiary/aromatic N) is 2. The van der Waals surface area contributed by atoms with Crippen molar-refractivity contribution in [2.45, 2.75) is 43.5 Å². The van der Waals surface area contributed by atoms with Gasteiger partial charge in [-0.25, -0.2) is 17.5 Å². The topological polar surface area (TPSA) is 66.9 Å². The molecule has 0 amide bonds. The zero-order valence-corrected chi connectivity index (χ0v) is 18.8. The Labute approximate surface area is 177 Å². The van der Waals surface area contributed by atoms with Gasteiger partial charge in [0.1, 0.15) is 4.21 Å². The van der Waals surface area contributed by atoms with Gasteiger partial charge in [0, 0.05) is 38.1 Å². The molecule has 8 heteroatoms. The highest BCUT2D eigenvalue weighted by Gasteiger charge is 2.35. The fourth-order valence-corrected chi connectivity index (χ4v) is 6.87. The minimum atomic E-state index is -3.73. The maximum Gasteiger partial charge on any atom is 0.340 e. The predicted octanol–water partition coefficient (Wildman–Crippen LogP) is 3.51. The van der Waals surface area contributed by atoms with E-state index in [1.165, 1.54) is 28.3 Å². The first-order valence-corrected chi connectivity index (χ1v) is 12.1. The summed E-state index contributed by atoms with van der Waals surface area (Å²) in [5.74, 6) is -0.568. The van der Waals surface area contributed by atoms with Crippen LogP contribution in [0.4, 0.5) is 0 Å². The van der Waals surface area contributed by atoms with Crippen molar-refractivity contribution < 1.29 is 17.9 Å². The molecule has 0 radical (unpaired) electrons. The molecule has 2 aromatic rings. The van der Waals surface area contributed by atoms with Gasteiger partial charge in [-0.05, 0) is 24.0 Å². The number of sulfonamides is 1. The average Bonchev–Trinajstić information content (AvgIpc) is 3.11. The lowest BCUT2D eigenvalue weighted by atomic mass is 10.0. The lowest BCUT2D eigenvalue weighted by molar-refractivity contribution is 0.0595. The van der Waals surface area contributed by atoms with Crippen LogP contribution in [0, 0.1) is 0 Å². The molecule has 3 rings (SSSR count). The average molecular weight is 437 g/mol. The summed E-state index contributed by atoms with van der Waals surface area (Å²) < 4.78 is 32.8. The quantitative estimate of drug-likeness (QED) is 0.593. The summed E-state index contributed by atoms with van der Waals surface area (Å²) in [5.41, 5.74) is 2.27. The Kier molecular flexibility index (Phi) is 7.10. The zero-order valence-electron chi connectivity index (χ0n) is 17.2. The second kappa shape index (κ2) is 9.38. The number of methoxy groups -OCH3 is 1. The Balaban J connectivity index is 1.93. The molecule has 158 valence electrons. The molecular formula is C21H28N2O4S2. The lowest BCUT2D eigenvalue weighted by Gasteiger charge is -2.27. The van der Waals surface area contributed by atoms with Crippen LogP contribution >= 0.6 is 11.3 Å². The third-order valence-electron chi connectivity index (χ3n) is 5.21. The molecule has 0 saturated heterocycles. The standard InChI is InChI=1S/C21H28N2O4S2/c1-4-5-12-22(2)29(25,26)21-19(20(24)27-3)17-11-13-23(15-18(17)28-21)14-16-9-7-6-8-10-16/h6-10H,4-5,11-15H2,1-3H3. The Morgan fingerprint density at radius 1 is 1.28 bits per heavy atom. The van der Waals surface area contributed by atoms with E-state index in [0.29, 0.717) is 19.5 Å². The molecule has 1 aliphatic heterocycles. The van der Waals surface area contributed by atoms with Crippen LogP contribution in [0.2, 0.25) is 0 Å². The SMILES string of the molecule is CCCCN(C)S(=O)(=O)c1sc2c(c1C(=O)OC)CCN(Cc1ccccc1)C2. The second-order valence-corrected chi connectivity index (χ2v) is 10.6. The number of ether oxygens (including phenoxy) is 1. The predicted molar refractivity (Wildman–Crippen MR) is 115 cm³/mol. The monoisotopic (exact) mass is 436 g/mol. The molecule has 1 aromatic carbocycles. The van der Waals surface area contributed by atoms with E-state index in [1.54, 1.807) is 7.05 Å². The Hall–Kier alpha value is -1.74. The number of unbranched alkanes of at least 4 members (excludes halogenated alkanes) is 1. The van der Waals surface area contributed by atoms with E-state index >= 15 is 0 Å². The third kappa shape index (κ3) is 4.71. The van der Waals surface area contributed by atoms with Crippen molar-refractivity contribution in [3.63, 3.8) is 0 Å². The highest BCUT2D eigenvalue weighted by molar-refractivity contribution is 7.91. The highest BCUT2D eigenvalue weighted by Crippen LogP contribution is 2.38. The van der Waals surface area contributed by atoms with Crippen LogP contribution in [0.1, 0.15) is 46.1 Å². The van der Waals surface area contributed by atoms with E-state index in [-0.39, 0.29) is 9.77 Å². The maximum atomic E-state index is 13.2. The molecule has 0 N–H and O–H groups in total. The van der Waals surface area contributed by atoms with E-state index in [1.807, 2.05) is 25.1 Å². The number of rotatable bonds is 8. The van der Waals surface area contributed by atoms with Gasteiger partial charge in [0.15, 0.2) is 0 Å². The van der Waals surface area contributed by atoms with Crippen LogP contribution in [-0.2, 0) is 34.3 Å². The number of carbonyl (C=O) groups excluding carboxylic acids is 1. The van der Waals surface area contributed by atoms with E-state index < -0.39 is 16.0 Å². The molecule has 1 aromatic heterocycles. The molecule has 2 heterocycles. The minimum Gasteiger partial charge on any atom is -0.465 e. The molecule has 1 aliphatic rings. The summed E-state index contributed by atoms with van der Waals surface area (Å²) in [5, 5.41) is 0. The number of fused-ring (bicyclic) bond motifs is 1. The molecule has 0 spiro atoms. The molecule has 0 unspecified atom stereocenters. The van der Waals surface area contributed by atoms with E-state index in [9.17, 15) is 13.2 Å². The number of hydrogen-bond acceptors (Lipinski definition) is 6. The fourth-order valence-electron chi connectivity index (χ4n) is 3.54. The number of esters is 1. The van der Waals surface area contributed by atoms with Crippen LogP contribution in [-0.4, -0.2) is 50.8 Å². The molecule has 0 aliphatic carbocycles. The van der Waals surface area contributed by atoms with Crippen molar-refractivity contribution in [2.75, 3.05) is 27.2 Å². The lowest BCUT2D eigenvalue weighted by Crippen LogP contribution is -2.30. The summed E-state index contributed by atoms with van der Waals surface area (Å²) in [7, 11) is -0.859. The first-order valence-electron chi connectivity index (χ1n) is 9.84. The van der Waals surface area contributed by atoms with Gasteiger partial charge in [0.05, 0.1) is 12.7 Å². The highest BCUT2D eigenvalue weighted by atomic mass is 32.2. The van der Waals surface area contributed by atoms with Crippen molar-refractivity contribution in [3.8, 4) is 0 Å². The van der Waals surface area contributed by atoms with Crippen molar-refractivity contribution in [3.05, 3.63) is 51.9 Å². The van der Waals surface area contributed by atoms with Gasteiger partial charge in [0.2, 0.25) is 0 Å². The van der Waals surface area contributed by atoms with Gasteiger partial charge < -0.3 is 4.74 Å². The smallest absolute Gasteiger partial charge is 0.340 e. The van der Waals surface area contributed by atoms with Crippen LogP contribution in [0.15, 0.2) is 34.5 Å². The van der Waals surface area contributed by atoms with E-state index in [0.717, 1.165) is 36.4 Å². The van der Waals surface area contributed by atoms with Crippen molar-refractivity contribution in [1.82, 2.24) is 9.21 Å². The Morgan fingerprint density at radius 3 is 2.66 bits per heavy atom. The van der Waals surface area contributed by atoms with Gasteiger partial charge in [0.25, 0.3) is 10.0 Å². The van der Waals surface area contributed by atoms with Crippen LogP contribution < -0.4 is 0 Å². The number of thiophene rings is 1. The summed E-state index contributed by atoms with van der Waals surface area (Å²) in [4.78, 5) is 15.7. The maximum absolute atomic E-state index is 13.2. The molecule has 0 bridgehead atoms. The summed E-state index contributed by atoms with van der Waals surface area (Å²) >= 11 is 1.22. The van der Waals surface area contributed by atoms with Crippen molar-refractivity contribution in [1.29, 1.82) is 0 Å². The van der Waals surface area contributed by atoms with Gasteiger partial charge in [-0.3, -0.25) is 4.90 Å². The molecule has 6 nitrogen and oxygen atoms in total. The van der Waals surface area contributed by atoms with Gasteiger partial charge >= 0.3 is 5.97 Å². The molecule has 0 fully saturated rings. The second-order valence-electron chi connectivity index (χ2n) is 7.28.